The molecule has 0 saturated heterocycles. The van der Waals surface area contributed by atoms with Crippen molar-refractivity contribution in [3.8, 4) is 0 Å². The second-order valence-corrected chi connectivity index (χ2v) is 4.87. The minimum Gasteiger partial charge on any atom is -0.391 e. The maximum absolute atomic E-state index is 13.0. The summed E-state index contributed by atoms with van der Waals surface area (Å²) in [4.78, 5) is 13.1. The predicted octanol–water partition coefficient (Wildman–Crippen LogP) is 2.20. The normalized spacial score (nSPS) is 16.0. The van der Waals surface area contributed by atoms with Gasteiger partial charge in [0, 0.05) is 25.3 Å². The summed E-state index contributed by atoms with van der Waals surface area (Å²) in [6, 6.07) is 2.29. The van der Waals surface area contributed by atoms with Gasteiger partial charge in [0.05, 0.1) is 6.10 Å². The number of rotatable bonds is 4. The van der Waals surface area contributed by atoms with Gasteiger partial charge in [-0.1, -0.05) is 0 Å². The molecule has 6 heteroatoms. The average molecular weight is 270 g/mol. The van der Waals surface area contributed by atoms with Gasteiger partial charge in [-0.2, -0.15) is 0 Å². The van der Waals surface area contributed by atoms with Crippen LogP contribution in [-0.2, 0) is 0 Å². The molecule has 0 aromatic heterocycles. The molecule has 19 heavy (non-hydrogen) atoms. The highest BCUT2D eigenvalue weighted by Crippen LogP contribution is 2.32. The van der Waals surface area contributed by atoms with Crippen molar-refractivity contribution < 1.29 is 18.7 Å². The fourth-order valence-corrected chi connectivity index (χ4v) is 1.84. The number of nitrogens with zero attached hydrogens (tertiary/aromatic N) is 1. The number of nitrogens with one attached hydrogen (secondary N) is 1. The van der Waals surface area contributed by atoms with Gasteiger partial charge in [-0.3, -0.25) is 0 Å². The Bertz CT molecular complexity index is 457. The van der Waals surface area contributed by atoms with Crippen molar-refractivity contribution in [3.05, 3.63) is 29.8 Å². The quantitative estimate of drug-likeness (QED) is 0.881. The predicted molar refractivity (Wildman–Crippen MR) is 66.7 cm³/mol. The van der Waals surface area contributed by atoms with Gasteiger partial charge >= 0.3 is 6.03 Å². The van der Waals surface area contributed by atoms with Crippen molar-refractivity contribution in [2.24, 2.45) is 5.92 Å². The Morgan fingerprint density at radius 2 is 2.00 bits per heavy atom. The lowest BCUT2D eigenvalue weighted by Crippen LogP contribution is -2.38. The van der Waals surface area contributed by atoms with Crippen LogP contribution in [0.5, 0.6) is 0 Å². The van der Waals surface area contributed by atoms with Crippen molar-refractivity contribution in [2.75, 3.05) is 18.9 Å². The van der Waals surface area contributed by atoms with Crippen LogP contribution >= 0.6 is 0 Å². The SMILES string of the molecule is CN(CC(O)C1CC1)C(=O)Nc1cc(F)cc(F)c1. The van der Waals surface area contributed by atoms with E-state index in [0.29, 0.717) is 0 Å². The topological polar surface area (TPSA) is 52.6 Å². The summed E-state index contributed by atoms with van der Waals surface area (Å²) in [5.74, 6) is -1.24. The van der Waals surface area contributed by atoms with Gasteiger partial charge in [0.15, 0.2) is 0 Å². The Morgan fingerprint density at radius 3 is 2.53 bits per heavy atom. The standard InChI is InChI=1S/C13H16F2N2O2/c1-17(7-12(18)8-2-3-8)13(19)16-11-5-9(14)4-10(15)6-11/h4-6,8,12,18H,2-3,7H2,1H3,(H,16,19). The van der Waals surface area contributed by atoms with Gasteiger partial charge in [0.1, 0.15) is 11.6 Å². The van der Waals surface area contributed by atoms with E-state index in [0.717, 1.165) is 31.0 Å². The Hall–Kier alpha value is -1.69. The Kier molecular flexibility index (Phi) is 3.99. The van der Waals surface area contributed by atoms with Gasteiger partial charge in [-0.15, -0.1) is 0 Å². The van der Waals surface area contributed by atoms with Crippen LogP contribution in [0.3, 0.4) is 0 Å². The smallest absolute Gasteiger partial charge is 0.321 e. The largest absolute Gasteiger partial charge is 0.391 e. The van der Waals surface area contributed by atoms with E-state index in [4.69, 9.17) is 0 Å². The number of anilines is 1. The number of carbonyl (C=O) groups excluding carboxylic acids is 1. The number of halogens is 2. The van der Waals surface area contributed by atoms with Crippen LogP contribution in [0.2, 0.25) is 0 Å². The molecule has 1 aliphatic carbocycles. The molecule has 1 unspecified atom stereocenters. The monoisotopic (exact) mass is 270 g/mol. The Morgan fingerprint density at radius 1 is 1.42 bits per heavy atom. The van der Waals surface area contributed by atoms with Gasteiger partial charge in [0.2, 0.25) is 0 Å². The van der Waals surface area contributed by atoms with E-state index < -0.39 is 23.8 Å². The summed E-state index contributed by atoms with van der Waals surface area (Å²) in [6.45, 7) is 0.203. The lowest BCUT2D eigenvalue weighted by molar-refractivity contribution is 0.117. The number of hydrogen-bond acceptors (Lipinski definition) is 2. The second-order valence-electron chi connectivity index (χ2n) is 4.87. The number of likely N-dealkylation sites (N-methyl/N-ethyl adjacent to an activating group) is 1. The van der Waals surface area contributed by atoms with E-state index in [1.54, 1.807) is 0 Å². The van der Waals surface area contributed by atoms with E-state index >= 15 is 0 Å². The number of hydrogen-bond donors (Lipinski definition) is 2. The van der Waals surface area contributed by atoms with Crippen molar-refractivity contribution in [1.29, 1.82) is 0 Å². The van der Waals surface area contributed by atoms with Crippen LogP contribution in [0.25, 0.3) is 0 Å². The summed E-state index contributed by atoms with van der Waals surface area (Å²) in [5.41, 5.74) is 0.0512. The Balaban J connectivity index is 1.91. The molecule has 0 radical (unpaired) electrons. The first kappa shape index (κ1) is 13.7. The number of amides is 2. The molecule has 104 valence electrons. The van der Waals surface area contributed by atoms with Crippen LogP contribution in [0.1, 0.15) is 12.8 Å². The fourth-order valence-electron chi connectivity index (χ4n) is 1.84. The van der Waals surface area contributed by atoms with Crippen LogP contribution in [0, 0.1) is 17.6 Å². The molecule has 0 bridgehead atoms. The van der Waals surface area contributed by atoms with E-state index in [1.807, 2.05) is 0 Å². The average Bonchev–Trinajstić information content (AvgIpc) is 3.10. The third-order valence-corrected chi connectivity index (χ3v) is 3.09. The summed E-state index contributed by atoms with van der Waals surface area (Å²) >= 11 is 0. The van der Waals surface area contributed by atoms with E-state index in [9.17, 15) is 18.7 Å². The zero-order valence-electron chi connectivity index (χ0n) is 10.6. The minimum absolute atomic E-state index is 0.0512. The van der Waals surface area contributed by atoms with Crippen LogP contribution in [0.15, 0.2) is 18.2 Å². The summed E-state index contributed by atoms with van der Waals surface area (Å²) in [6.07, 6.45) is 1.41. The summed E-state index contributed by atoms with van der Waals surface area (Å²) < 4.78 is 25.9. The number of aliphatic hydroxyl groups is 1. The molecule has 0 spiro atoms. The summed E-state index contributed by atoms with van der Waals surface area (Å²) in [7, 11) is 1.52. The molecule has 2 amide bonds. The first-order valence-electron chi connectivity index (χ1n) is 6.12. The van der Waals surface area contributed by atoms with Crippen molar-refractivity contribution in [2.45, 2.75) is 18.9 Å². The maximum Gasteiger partial charge on any atom is 0.321 e. The number of carbonyl (C=O) groups is 1. The molecule has 1 fully saturated rings. The lowest BCUT2D eigenvalue weighted by atomic mass is 10.2. The number of urea groups is 1. The molecule has 0 aliphatic heterocycles. The number of aliphatic hydroxyl groups excluding tert-OH is 1. The highest BCUT2D eigenvalue weighted by Gasteiger charge is 2.31. The fraction of sp³-hybridized carbons (Fsp3) is 0.462. The zero-order valence-corrected chi connectivity index (χ0v) is 10.6. The van der Waals surface area contributed by atoms with Gasteiger partial charge in [-0.05, 0) is 30.9 Å². The van der Waals surface area contributed by atoms with Crippen LogP contribution in [0.4, 0.5) is 19.3 Å². The molecule has 2 N–H and O–H groups in total. The van der Waals surface area contributed by atoms with E-state index in [1.165, 1.54) is 11.9 Å². The molecule has 1 saturated carbocycles. The highest BCUT2D eigenvalue weighted by atomic mass is 19.1. The molecule has 1 atom stereocenters. The third kappa shape index (κ3) is 3.89. The molecule has 2 rings (SSSR count). The second kappa shape index (κ2) is 5.52. The van der Waals surface area contributed by atoms with E-state index in [2.05, 4.69) is 5.32 Å². The number of benzene rings is 1. The van der Waals surface area contributed by atoms with Crippen molar-refractivity contribution in [3.63, 3.8) is 0 Å². The molecular weight excluding hydrogens is 254 g/mol. The van der Waals surface area contributed by atoms with Gasteiger partial charge < -0.3 is 15.3 Å². The van der Waals surface area contributed by atoms with Crippen molar-refractivity contribution in [1.82, 2.24) is 4.90 Å². The van der Waals surface area contributed by atoms with Gasteiger partial charge in [-0.25, -0.2) is 13.6 Å². The first-order valence-corrected chi connectivity index (χ1v) is 6.12. The molecule has 4 nitrogen and oxygen atoms in total. The highest BCUT2D eigenvalue weighted by molar-refractivity contribution is 5.89. The van der Waals surface area contributed by atoms with E-state index in [-0.39, 0.29) is 18.2 Å². The van der Waals surface area contributed by atoms with Gasteiger partial charge in [0.25, 0.3) is 0 Å². The van der Waals surface area contributed by atoms with Crippen LogP contribution < -0.4 is 5.32 Å². The summed E-state index contributed by atoms with van der Waals surface area (Å²) in [5, 5.41) is 12.1. The Labute approximate surface area is 110 Å². The lowest BCUT2D eigenvalue weighted by Gasteiger charge is -2.21. The minimum atomic E-state index is -0.754. The molecular formula is C13H16F2N2O2. The zero-order chi connectivity index (χ0) is 14.0. The van der Waals surface area contributed by atoms with Crippen molar-refractivity contribution >= 4 is 11.7 Å². The van der Waals surface area contributed by atoms with Crippen LogP contribution in [-0.4, -0.2) is 35.7 Å². The molecule has 1 aliphatic rings. The molecule has 0 heterocycles. The molecule has 1 aromatic rings. The maximum atomic E-state index is 13.0. The molecule has 1 aromatic carbocycles. The first-order chi connectivity index (χ1) is 8.95. The third-order valence-electron chi connectivity index (χ3n) is 3.09.